The molecular weight excluding hydrogens is 290 g/mol. The van der Waals surface area contributed by atoms with Gasteiger partial charge in [-0.25, -0.2) is 8.42 Å². The Morgan fingerprint density at radius 1 is 1.38 bits per heavy atom. The number of hydrogen-bond acceptors (Lipinski definition) is 4. The standard InChI is InChI=1S/C14H21N3O3S/c1-10-6-7-13(11(15)9-10)21(19,20)17-8-4-5-12(17)14(18)16(2)3/h6-7,9,12H,4-5,8,15H2,1-3H3. The highest BCUT2D eigenvalue weighted by atomic mass is 32.2. The van der Waals surface area contributed by atoms with E-state index in [0.717, 1.165) is 5.56 Å². The number of benzene rings is 1. The number of amides is 1. The number of nitrogen functional groups attached to an aromatic ring is 1. The smallest absolute Gasteiger partial charge is 0.245 e. The Morgan fingerprint density at radius 2 is 2.05 bits per heavy atom. The van der Waals surface area contributed by atoms with E-state index < -0.39 is 16.1 Å². The molecule has 0 radical (unpaired) electrons. The van der Waals surface area contributed by atoms with E-state index in [2.05, 4.69) is 0 Å². The molecule has 1 aromatic rings. The summed E-state index contributed by atoms with van der Waals surface area (Å²) in [6, 6.07) is 4.22. The topological polar surface area (TPSA) is 83.7 Å². The zero-order chi connectivity index (χ0) is 15.8. The van der Waals surface area contributed by atoms with Crippen LogP contribution in [0.1, 0.15) is 18.4 Å². The number of aryl methyl sites for hydroxylation is 1. The fourth-order valence-corrected chi connectivity index (χ4v) is 4.35. The van der Waals surface area contributed by atoms with Crippen molar-refractivity contribution in [3.8, 4) is 0 Å². The Balaban J connectivity index is 2.41. The summed E-state index contributed by atoms with van der Waals surface area (Å²) in [4.78, 5) is 13.7. The van der Waals surface area contributed by atoms with Crippen molar-refractivity contribution in [3.05, 3.63) is 23.8 Å². The molecule has 0 aromatic heterocycles. The zero-order valence-electron chi connectivity index (χ0n) is 12.5. The summed E-state index contributed by atoms with van der Waals surface area (Å²) in [5.74, 6) is -0.193. The molecule has 0 saturated carbocycles. The molecule has 0 aliphatic carbocycles. The van der Waals surface area contributed by atoms with E-state index in [4.69, 9.17) is 5.73 Å². The highest BCUT2D eigenvalue weighted by molar-refractivity contribution is 7.89. The quantitative estimate of drug-likeness (QED) is 0.838. The molecule has 1 aromatic carbocycles. The van der Waals surface area contributed by atoms with Crippen LogP contribution in [0.15, 0.2) is 23.1 Å². The molecule has 116 valence electrons. The number of carbonyl (C=O) groups excluding carboxylic acids is 1. The molecule has 2 rings (SSSR count). The van der Waals surface area contributed by atoms with Gasteiger partial charge in [-0.3, -0.25) is 4.79 Å². The number of anilines is 1. The number of likely N-dealkylation sites (N-methyl/N-ethyl adjacent to an activating group) is 1. The summed E-state index contributed by atoms with van der Waals surface area (Å²) in [6.07, 6.45) is 1.22. The van der Waals surface area contributed by atoms with E-state index in [0.29, 0.717) is 19.4 Å². The summed E-state index contributed by atoms with van der Waals surface area (Å²) >= 11 is 0. The van der Waals surface area contributed by atoms with Gasteiger partial charge in [0.25, 0.3) is 0 Å². The third-order valence-electron chi connectivity index (χ3n) is 3.68. The van der Waals surface area contributed by atoms with Crippen molar-refractivity contribution in [2.75, 3.05) is 26.4 Å². The summed E-state index contributed by atoms with van der Waals surface area (Å²) < 4.78 is 26.8. The largest absolute Gasteiger partial charge is 0.398 e. The predicted octanol–water partition coefficient (Wildman–Crippen LogP) is 0.819. The van der Waals surface area contributed by atoms with Crippen LogP contribution in [0.2, 0.25) is 0 Å². The molecule has 1 unspecified atom stereocenters. The van der Waals surface area contributed by atoms with Crippen molar-refractivity contribution in [1.82, 2.24) is 9.21 Å². The van der Waals surface area contributed by atoms with Gasteiger partial charge in [0.2, 0.25) is 15.9 Å². The molecule has 1 amide bonds. The highest BCUT2D eigenvalue weighted by Gasteiger charge is 2.40. The lowest BCUT2D eigenvalue weighted by Crippen LogP contribution is -2.45. The minimum atomic E-state index is -3.75. The monoisotopic (exact) mass is 311 g/mol. The van der Waals surface area contributed by atoms with Crippen LogP contribution in [0.25, 0.3) is 0 Å². The van der Waals surface area contributed by atoms with E-state index in [1.54, 1.807) is 26.2 Å². The minimum absolute atomic E-state index is 0.0755. The maximum Gasteiger partial charge on any atom is 0.245 e. The molecule has 1 aliphatic heterocycles. The van der Waals surface area contributed by atoms with E-state index in [1.165, 1.54) is 15.3 Å². The third-order valence-corrected chi connectivity index (χ3v) is 5.66. The fraction of sp³-hybridized carbons (Fsp3) is 0.500. The summed E-state index contributed by atoms with van der Waals surface area (Å²) in [7, 11) is -0.492. The van der Waals surface area contributed by atoms with Crippen LogP contribution in [0, 0.1) is 6.92 Å². The van der Waals surface area contributed by atoms with Crippen LogP contribution in [0.5, 0.6) is 0 Å². The Morgan fingerprint density at radius 3 is 2.62 bits per heavy atom. The van der Waals surface area contributed by atoms with Crippen molar-refractivity contribution >= 4 is 21.6 Å². The Hall–Kier alpha value is -1.60. The van der Waals surface area contributed by atoms with Crippen LogP contribution < -0.4 is 5.73 Å². The molecule has 1 atom stereocenters. The lowest BCUT2D eigenvalue weighted by molar-refractivity contribution is -0.132. The summed E-state index contributed by atoms with van der Waals surface area (Å²) in [6.45, 7) is 2.20. The van der Waals surface area contributed by atoms with Gasteiger partial charge in [-0.15, -0.1) is 0 Å². The molecule has 1 saturated heterocycles. The molecular formula is C14H21N3O3S. The number of rotatable bonds is 3. The van der Waals surface area contributed by atoms with Crippen LogP contribution in [-0.4, -0.2) is 50.2 Å². The molecule has 0 bridgehead atoms. The normalized spacial score (nSPS) is 19.7. The van der Waals surface area contributed by atoms with Crippen LogP contribution >= 0.6 is 0 Å². The average molecular weight is 311 g/mol. The van der Waals surface area contributed by atoms with Gasteiger partial charge in [-0.1, -0.05) is 6.07 Å². The van der Waals surface area contributed by atoms with Gasteiger partial charge in [-0.05, 0) is 37.5 Å². The van der Waals surface area contributed by atoms with Gasteiger partial charge in [-0.2, -0.15) is 4.31 Å². The Kier molecular flexibility index (Phi) is 4.25. The van der Waals surface area contributed by atoms with Crippen molar-refractivity contribution < 1.29 is 13.2 Å². The second-order valence-corrected chi connectivity index (χ2v) is 7.41. The van der Waals surface area contributed by atoms with Crippen LogP contribution in [0.3, 0.4) is 0 Å². The van der Waals surface area contributed by atoms with Crippen molar-refractivity contribution in [2.45, 2.75) is 30.7 Å². The van der Waals surface area contributed by atoms with Crippen molar-refractivity contribution in [1.29, 1.82) is 0 Å². The second kappa shape index (κ2) is 5.65. The van der Waals surface area contributed by atoms with Crippen molar-refractivity contribution in [2.24, 2.45) is 0 Å². The molecule has 7 heteroatoms. The SMILES string of the molecule is Cc1ccc(S(=O)(=O)N2CCCC2C(=O)N(C)C)c(N)c1. The maximum atomic E-state index is 12.8. The van der Waals surface area contributed by atoms with Crippen LogP contribution in [0.4, 0.5) is 5.69 Å². The number of sulfonamides is 1. The number of hydrogen-bond donors (Lipinski definition) is 1. The first-order valence-electron chi connectivity index (χ1n) is 6.84. The lowest BCUT2D eigenvalue weighted by atomic mass is 10.2. The van der Waals surface area contributed by atoms with Crippen LogP contribution in [-0.2, 0) is 14.8 Å². The van der Waals surface area contributed by atoms with Gasteiger partial charge in [0.1, 0.15) is 10.9 Å². The lowest BCUT2D eigenvalue weighted by Gasteiger charge is -2.26. The molecule has 6 nitrogen and oxygen atoms in total. The molecule has 21 heavy (non-hydrogen) atoms. The molecule has 1 fully saturated rings. The van der Waals surface area contributed by atoms with Crippen molar-refractivity contribution in [3.63, 3.8) is 0 Å². The zero-order valence-corrected chi connectivity index (χ0v) is 13.4. The Labute approximate surface area is 125 Å². The van der Waals surface area contributed by atoms with E-state index in [1.807, 2.05) is 6.92 Å². The molecule has 1 aliphatic rings. The highest BCUT2D eigenvalue weighted by Crippen LogP contribution is 2.30. The van der Waals surface area contributed by atoms with E-state index >= 15 is 0 Å². The summed E-state index contributed by atoms with van der Waals surface area (Å²) in [5.41, 5.74) is 6.97. The first-order valence-corrected chi connectivity index (χ1v) is 8.28. The number of nitrogens with two attached hydrogens (primary N) is 1. The van der Waals surface area contributed by atoms with E-state index in [-0.39, 0.29) is 16.5 Å². The molecule has 0 spiro atoms. The number of nitrogens with zero attached hydrogens (tertiary/aromatic N) is 2. The predicted molar refractivity (Wildman–Crippen MR) is 81.2 cm³/mol. The molecule has 1 heterocycles. The maximum absolute atomic E-state index is 12.8. The minimum Gasteiger partial charge on any atom is -0.398 e. The van der Waals surface area contributed by atoms with Gasteiger partial charge in [0.15, 0.2) is 0 Å². The summed E-state index contributed by atoms with van der Waals surface area (Å²) in [5, 5.41) is 0. The first kappa shape index (κ1) is 15.8. The second-order valence-electron chi connectivity index (χ2n) is 5.55. The van der Waals surface area contributed by atoms with Gasteiger partial charge in [0.05, 0.1) is 5.69 Å². The van der Waals surface area contributed by atoms with Gasteiger partial charge >= 0.3 is 0 Å². The van der Waals surface area contributed by atoms with Gasteiger partial charge < -0.3 is 10.6 Å². The Bertz CT molecular complexity index is 655. The fourth-order valence-electron chi connectivity index (χ4n) is 2.60. The number of carbonyl (C=O) groups is 1. The first-order chi connectivity index (χ1) is 9.75. The van der Waals surface area contributed by atoms with E-state index in [9.17, 15) is 13.2 Å². The van der Waals surface area contributed by atoms with Gasteiger partial charge in [0, 0.05) is 20.6 Å². The third kappa shape index (κ3) is 2.89. The average Bonchev–Trinajstić information content (AvgIpc) is 2.86. The molecule has 2 N–H and O–H groups in total.